The predicted molar refractivity (Wildman–Crippen MR) is 104 cm³/mol. The molecule has 30 heavy (non-hydrogen) atoms. The van der Waals surface area contributed by atoms with Crippen LogP contribution in [0.15, 0.2) is 54.6 Å². The summed E-state index contributed by atoms with van der Waals surface area (Å²) in [6, 6.07) is 13.0. The van der Waals surface area contributed by atoms with E-state index >= 15 is 0 Å². The zero-order valence-corrected chi connectivity index (χ0v) is 16.3. The second kappa shape index (κ2) is 7.60. The molecule has 0 N–H and O–H groups in total. The van der Waals surface area contributed by atoms with Crippen LogP contribution in [0.25, 0.3) is 16.6 Å². The van der Waals surface area contributed by atoms with Crippen LogP contribution in [0.1, 0.15) is 17.1 Å². The van der Waals surface area contributed by atoms with Gasteiger partial charge in [-0.05, 0) is 43.3 Å². The predicted octanol–water partition coefficient (Wildman–Crippen LogP) is 6.12. The standard InChI is InChI=1S/C21H14ClF4N3O/c1-12-8-19(15-9-13(23)6-7-17(15)27-12)30-11-14-10-20(21(24,25)26)28-29(14)18-5-3-2-4-16(18)22/h2-10H,11H2,1H3. The highest BCUT2D eigenvalue weighted by atomic mass is 35.5. The number of alkyl halides is 3. The number of benzene rings is 2. The molecular weight excluding hydrogens is 422 g/mol. The molecule has 0 unspecified atom stereocenters. The molecule has 4 rings (SSSR count). The van der Waals surface area contributed by atoms with Crippen molar-refractivity contribution in [2.75, 3.05) is 0 Å². The summed E-state index contributed by atoms with van der Waals surface area (Å²) in [6.45, 7) is 1.49. The number of rotatable bonds is 4. The maximum absolute atomic E-state index is 13.7. The molecule has 0 saturated heterocycles. The molecule has 4 aromatic rings. The van der Waals surface area contributed by atoms with Gasteiger partial charge in [0.25, 0.3) is 0 Å². The number of fused-ring (bicyclic) bond motifs is 1. The third kappa shape index (κ3) is 3.95. The first kappa shape index (κ1) is 20.2. The molecule has 2 aromatic carbocycles. The zero-order chi connectivity index (χ0) is 21.5. The molecule has 0 amide bonds. The summed E-state index contributed by atoms with van der Waals surface area (Å²) >= 11 is 6.15. The number of para-hydroxylation sites is 1. The Hall–Kier alpha value is -3.13. The minimum absolute atomic E-state index is 0.134. The van der Waals surface area contributed by atoms with Gasteiger partial charge in [0.1, 0.15) is 18.2 Å². The van der Waals surface area contributed by atoms with Crippen LogP contribution >= 0.6 is 11.6 Å². The summed E-state index contributed by atoms with van der Waals surface area (Å²) in [5.41, 5.74) is 0.494. The van der Waals surface area contributed by atoms with Crippen molar-refractivity contribution in [2.24, 2.45) is 0 Å². The monoisotopic (exact) mass is 435 g/mol. The fraction of sp³-hybridized carbons (Fsp3) is 0.143. The van der Waals surface area contributed by atoms with Crippen LogP contribution in [0.5, 0.6) is 5.75 Å². The van der Waals surface area contributed by atoms with Gasteiger partial charge in [-0.2, -0.15) is 18.3 Å². The van der Waals surface area contributed by atoms with E-state index in [1.54, 1.807) is 37.3 Å². The molecule has 0 aliphatic rings. The Morgan fingerprint density at radius 1 is 1.07 bits per heavy atom. The van der Waals surface area contributed by atoms with Gasteiger partial charge < -0.3 is 4.74 Å². The van der Waals surface area contributed by atoms with E-state index in [1.165, 1.54) is 18.2 Å². The summed E-state index contributed by atoms with van der Waals surface area (Å²) in [5.74, 6) is -0.170. The van der Waals surface area contributed by atoms with E-state index in [1.807, 2.05) is 0 Å². The van der Waals surface area contributed by atoms with Gasteiger partial charge in [-0.15, -0.1) is 0 Å². The van der Waals surface area contributed by atoms with Crippen LogP contribution in [0.4, 0.5) is 17.6 Å². The van der Waals surface area contributed by atoms with E-state index in [0.717, 1.165) is 10.7 Å². The van der Waals surface area contributed by atoms with Gasteiger partial charge in [-0.1, -0.05) is 23.7 Å². The molecule has 154 valence electrons. The fourth-order valence-corrected chi connectivity index (χ4v) is 3.27. The van der Waals surface area contributed by atoms with Gasteiger partial charge >= 0.3 is 6.18 Å². The molecule has 2 heterocycles. The van der Waals surface area contributed by atoms with Gasteiger partial charge in [0.05, 0.1) is 21.9 Å². The number of nitrogens with zero attached hydrogens (tertiary/aromatic N) is 3. The van der Waals surface area contributed by atoms with Crippen LogP contribution in [0.2, 0.25) is 5.02 Å². The number of hydrogen-bond donors (Lipinski definition) is 0. The van der Waals surface area contributed by atoms with Crippen LogP contribution in [0, 0.1) is 12.7 Å². The lowest BCUT2D eigenvalue weighted by Gasteiger charge is -2.12. The average Bonchev–Trinajstić information content (AvgIpc) is 3.11. The van der Waals surface area contributed by atoms with Crippen molar-refractivity contribution < 1.29 is 22.3 Å². The topological polar surface area (TPSA) is 39.9 Å². The van der Waals surface area contributed by atoms with Crippen molar-refractivity contribution >= 4 is 22.5 Å². The Labute approximate surface area is 173 Å². The lowest BCUT2D eigenvalue weighted by atomic mass is 10.2. The molecule has 0 saturated carbocycles. The van der Waals surface area contributed by atoms with Crippen molar-refractivity contribution in [2.45, 2.75) is 19.7 Å². The smallest absolute Gasteiger partial charge is 0.435 e. The van der Waals surface area contributed by atoms with E-state index in [9.17, 15) is 17.6 Å². The molecule has 2 aromatic heterocycles. The maximum Gasteiger partial charge on any atom is 0.435 e. The highest BCUT2D eigenvalue weighted by Gasteiger charge is 2.35. The zero-order valence-electron chi connectivity index (χ0n) is 15.5. The van der Waals surface area contributed by atoms with E-state index in [2.05, 4.69) is 10.1 Å². The molecule has 0 radical (unpaired) electrons. The van der Waals surface area contributed by atoms with E-state index in [4.69, 9.17) is 16.3 Å². The van der Waals surface area contributed by atoms with Gasteiger partial charge in [0, 0.05) is 17.1 Å². The quantitative estimate of drug-likeness (QED) is 0.363. The van der Waals surface area contributed by atoms with Crippen molar-refractivity contribution in [3.05, 3.63) is 82.5 Å². The second-order valence-electron chi connectivity index (χ2n) is 6.59. The molecule has 0 aliphatic heterocycles. The summed E-state index contributed by atoms with van der Waals surface area (Å²) in [4.78, 5) is 4.32. The lowest BCUT2D eigenvalue weighted by Crippen LogP contribution is -2.09. The first-order valence-electron chi connectivity index (χ1n) is 8.83. The second-order valence-corrected chi connectivity index (χ2v) is 7.00. The van der Waals surface area contributed by atoms with Gasteiger partial charge in [0.15, 0.2) is 5.69 Å². The largest absolute Gasteiger partial charge is 0.487 e. The molecule has 0 aliphatic carbocycles. The Bertz CT molecular complexity index is 1240. The van der Waals surface area contributed by atoms with Gasteiger partial charge in [0.2, 0.25) is 0 Å². The minimum Gasteiger partial charge on any atom is -0.487 e. The lowest BCUT2D eigenvalue weighted by molar-refractivity contribution is -0.141. The average molecular weight is 436 g/mol. The third-order valence-corrected chi connectivity index (χ3v) is 4.71. The molecule has 0 atom stereocenters. The van der Waals surface area contributed by atoms with Crippen molar-refractivity contribution in [3.8, 4) is 11.4 Å². The molecule has 9 heteroatoms. The normalized spacial score (nSPS) is 11.8. The molecule has 4 nitrogen and oxygen atoms in total. The number of hydrogen-bond acceptors (Lipinski definition) is 3. The van der Waals surface area contributed by atoms with Gasteiger partial charge in [-0.25, -0.2) is 9.07 Å². The van der Waals surface area contributed by atoms with E-state index < -0.39 is 17.7 Å². The highest BCUT2D eigenvalue weighted by Crippen LogP contribution is 2.32. The van der Waals surface area contributed by atoms with E-state index in [0.29, 0.717) is 22.3 Å². The fourth-order valence-electron chi connectivity index (χ4n) is 3.06. The number of ether oxygens (including phenoxy) is 1. The Kier molecular flexibility index (Phi) is 5.11. The van der Waals surface area contributed by atoms with Gasteiger partial charge in [-0.3, -0.25) is 4.98 Å². The molecule has 0 fully saturated rings. The molecular formula is C21H14ClF4N3O. The maximum atomic E-state index is 13.7. The Morgan fingerprint density at radius 2 is 1.83 bits per heavy atom. The SMILES string of the molecule is Cc1cc(OCc2cc(C(F)(F)F)nn2-c2ccccc2Cl)c2cc(F)ccc2n1. The Morgan fingerprint density at radius 3 is 2.57 bits per heavy atom. The summed E-state index contributed by atoms with van der Waals surface area (Å²) in [7, 11) is 0. The summed E-state index contributed by atoms with van der Waals surface area (Å²) < 4.78 is 60.4. The van der Waals surface area contributed by atoms with Crippen LogP contribution in [-0.4, -0.2) is 14.8 Å². The van der Waals surface area contributed by atoms with Crippen molar-refractivity contribution in [1.29, 1.82) is 0 Å². The number of aryl methyl sites for hydroxylation is 1. The van der Waals surface area contributed by atoms with Crippen LogP contribution in [-0.2, 0) is 12.8 Å². The molecule has 0 spiro atoms. The van der Waals surface area contributed by atoms with Crippen molar-refractivity contribution in [1.82, 2.24) is 14.8 Å². The Balaban J connectivity index is 1.75. The highest BCUT2D eigenvalue weighted by molar-refractivity contribution is 6.32. The molecule has 0 bridgehead atoms. The number of aromatic nitrogens is 3. The summed E-state index contributed by atoms with van der Waals surface area (Å²) in [6.07, 6.45) is -4.63. The first-order chi connectivity index (χ1) is 14.2. The third-order valence-electron chi connectivity index (χ3n) is 4.39. The van der Waals surface area contributed by atoms with Crippen LogP contribution in [0.3, 0.4) is 0 Å². The number of pyridine rings is 1. The first-order valence-corrected chi connectivity index (χ1v) is 9.21. The van der Waals surface area contributed by atoms with Crippen LogP contribution < -0.4 is 4.74 Å². The van der Waals surface area contributed by atoms with E-state index in [-0.39, 0.29) is 23.0 Å². The summed E-state index contributed by atoms with van der Waals surface area (Å²) in [5, 5.41) is 4.33. The minimum atomic E-state index is -4.63. The van der Waals surface area contributed by atoms with Crippen molar-refractivity contribution in [3.63, 3.8) is 0 Å². The number of halogens is 5.